The van der Waals surface area contributed by atoms with Crippen molar-refractivity contribution in [1.82, 2.24) is 16.0 Å². The molecule has 1 heterocycles. The number of primary amides is 1. The summed E-state index contributed by atoms with van der Waals surface area (Å²) in [4.78, 5) is 68.0. The number of Topliss-reactive ketones (excluding diaryl/α,β-unsaturated/α-hetero) is 1. The number of rotatable bonds is 35. The number of aromatic nitrogens is 1. The van der Waals surface area contributed by atoms with Gasteiger partial charge in [-0.1, -0.05) is 44.0 Å². The summed E-state index contributed by atoms with van der Waals surface area (Å²) in [5.74, 6) is -15.7. The first-order valence-electron chi connectivity index (χ1n) is 25.5. The molecule has 1 aromatic heterocycles. The van der Waals surface area contributed by atoms with Crippen LogP contribution in [0.1, 0.15) is 77.2 Å². The molecule has 25 heteroatoms. The van der Waals surface area contributed by atoms with E-state index in [0.29, 0.717) is 42.8 Å². The lowest BCUT2D eigenvalue weighted by molar-refractivity contribution is -0.688. The van der Waals surface area contributed by atoms with E-state index in [2.05, 4.69) is 36.3 Å². The second-order valence-corrected chi connectivity index (χ2v) is 18.5. The number of nitrogens with two attached hydrogens (primary N) is 1. The molecule has 0 aliphatic carbocycles. The van der Waals surface area contributed by atoms with Gasteiger partial charge in [-0.15, -0.1) is 0 Å². The number of nitrogens with zero attached hydrogens (tertiary/aromatic N) is 3. The van der Waals surface area contributed by atoms with E-state index < -0.39 is 77.0 Å². The minimum Gasteiger partial charge on any atom is -0.494 e. The molecule has 0 saturated carbocycles. The number of ether oxygens (including phenoxy) is 5. The molecule has 19 nitrogen and oxygen atoms in total. The Hall–Kier alpha value is -7.46. The molecule has 436 valence electrons. The van der Waals surface area contributed by atoms with Gasteiger partial charge in [0.25, 0.3) is 0 Å². The zero-order chi connectivity index (χ0) is 57.5. The number of pyridine rings is 1. The summed E-state index contributed by atoms with van der Waals surface area (Å²) in [6, 6.07) is 16.5. The highest BCUT2D eigenvalue weighted by Gasteiger charge is 2.30. The fourth-order valence-corrected chi connectivity index (χ4v) is 7.52. The second-order valence-electron chi connectivity index (χ2n) is 18.1. The highest BCUT2D eigenvalue weighted by atomic mass is 35.5. The van der Waals surface area contributed by atoms with Crippen LogP contribution in [-0.4, -0.2) is 101 Å². The van der Waals surface area contributed by atoms with Crippen molar-refractivity contribution >= 4 is 58.5 Å². The zero-order valence-electron chi connectivity index (χ0n) is 44.9. The van der Waals surface area contributed by atoms with Crippen LogP contribution in [0.25, 0.3) is 0 Å². The van der Waals surface area contributed by atoms with Crippen LogP contribution in [-0.2, 0) is 39.9 Å². The average molecular weight is 1150 g/mol. The molecule has 2 atom stereocenters. The van der Waals surface area contributed by atoms with Crippen molar-refractivity contribution in [3.05, 3.63) is 120 Å². The Balaban J connectivity index is 0.0000168. The summed E-state index contributed by atoms with van der Waals surface area (Å²) in [7, 11) is 0. The van der Waals surface area contributed by atoms with Crippen molar-refractivity contribution in [2.24, 2.45) is 22.6 Å². The first-order chi connectivity index (χ1) is 37.9. The fraction of sp³-hybridized carbons (Fsp3) is 0.436. The van der Waals surface area contributed by atoms with Gasteiger partial charge < -0.3 is 58.1 Å². The van der Waals surface area contributed by atoms with Crippen molar-refractivity contribution < 1.29 is 74.2 Å². The number of esters is 1. The van der Waals surface area contributed by atoms with Crippen LogP contribution in [0.15, 0.2) is 78.0 Å². The van der Waals surface area contributed by atoms with Gasteiger partial charge in [-0.2, -0.15) is 14.0 Å². The van der Waals surface area contributed by atoms with Gasteiger partial charge in [-0.05, 0) is 74.4 Å². The van der Waals surface area contributed by atoms with E-state index in [-0.39, 0.29) is 84.6 Å². The van der Waals surface area contributed by atoms with E-state index in [9.17, 15) is 51.2 Å². The summed E-state index contributed by atoms with van der Waals surface area (Å²) < 4.78 is 95.2. The number of carbonyl (C=O) groups excluding carboxylic acids is 5. The topological polar surface area (TPSA) is 258 Å². The lowest BCUT2D eigenvalue weighted by Crippen LogP contribution is -2.45. The standard InChI is InChI=1S/C54H65ClF5N9O10.CH3/c1-35(2)50(68-43(71)19-26-75-28-30-77-31-29-76-27-20-44(72)79-51-48(59)46(57)45(56)47(58)49(51)60)42(70)32-37(8-7-22-63-53(62)74)52(73)66-39-13-9-36(10-14-39)33-69-23-17-40(18-24-69)67-54(65-34-61)64-21-5-3-4-6-25-78-41-15-11-38(55)12-16-41;/h9-18,23-24,35,37,50H,3-8,19-22,25-33H2,1-2H3,(H6,62,63,64,65,66,68,71,73,74);1H3/q;-1/p+1/t37-,50+;/m1./s1. The van der Waals surface area contributed by atoms with Crippen molar-refractivity contribution in [1.29, 1.82) is 5.26 Å². The van der Waals surface area contributed by atoms with Crippen LogP contribution < -0.4 is 46.4 Å². The van der Waals surface area contributed by atoms with Crippen molar-refractivity contribution in [3.63, 3.8) is 0 Å². The largest absolute Gasteiger partial charge is 0.494 e. The number of aliphatic imine (C=N–C) groups is 1. The zero-order valence-corrected chi connectivity index (χ0v) is 45.6. The third-order valence-corrected chi connectivity index (χ3v) is 11.8. The maximum Gasteiger partial charge on any atom is 0.313 e. The van der Waals surface area contributed by atoms with Gasteiger partial charge in [-0.25, -0.2) is 22.5 Å². The number of anilines is 2. The number of benzene rings is 3. The van der Waals surface area contributed by atoms with E-state index in [0.717, 1.165) is 42.7 Å². The number of unbranched alkanes of at least 4 members (excludes halogenated alkanes) is 3. The minimum atomic E-state index is -2.39. The van der Waals surface area contributed by atoms with Crippen LogP contribution in [0.2, 0.25) is 5.02 Å². The van der Waals surface area contributed by atoms with Crippen molar-refractivity contribution in [2.75, 3.05) is 70.0 Å². The monoisotopic (exact) mass is 1150 g/mol. The van der Waals surface area contributed by atoms with E-state index in [1.807, 2.05) is 59.6 Å². The second kappa shape index (κ2) is 36.7. The van der Waals surface area contributed by atoms with E-state index in [4.69, 9.17) is 36.3 Å². The first kappa shape index (κ1) is 66.8. The van der Waals surface area contributed by atoms with E-state index in [1.165, 1.54) is 0 Å². The Labute approximate surface area is 467 Å². The SMILES string of the molecule is CC(C)[C@H](NC(=O)CCOCCOCCOCCC(=O)Oc1c(F)c(F)c(F)c(F)c1F)C(=O)C[C@@H](CCCNC(N)=O)C(=O)Nc1ccc(C[n+]2ccc(NC(=NCCCCCCOc3ccc(Cl)cc3)NC#N)cc2)cc1.[CH3-]. The molecule has 0 fully saturated rings. The quantitative estimate of drug-likeness (QED) is 0.00209. The highest BCUT2D eigenvalue weighted by molar-refractivity contribution is 6.30. The number of amides is 4. The number of ketones is 1. The fourth-order valence-electron chi connectivity index (χ4n) is 7.40. The molecule has 80 heavy (non-hydrogen) atoms. The van der Waals surface area contributed by atoms with Crippen LogP contribution in [0.4, 0.5) is 38.1 Å². The summed E-state index contributed by atoms with van der Waals surface area (Å²) in [6.07, 6.45) is 9.07. The molecular formula is C55H69ClF5N9O10. The van der Waals surface area contributed by atoms with Gasteiger partial charge in [0.15, 0.2) is 30.9 Å². The van der Waals surface area contributed by atoms with Crippen LogP contribution >= 0.6 is 11.6 Å². The third kappa shape index (κ3) is 24.7. The Kier molecular flexibility index (Phi) is 30.6. The molecule has 0 aliphatic heterocycles. The van der Waals surface area contributed by atoms with Gasteiger partial charge >= 0.3 is 12.0 Å². The van der Waals surface area contributed by atoms with Gasteiger partial charge in [-0.3, -0.25) is 29.5 Å². The molecule has 0 aliphatic rings. The maximum absolute atomic E-state index is 13.7. The Morgan fingerprint density at radius 1 is 0.725 bits per heavy atom. The average Bonchev–Trinajstić information content (AvgIpc) is 3.45. The summed E-state index contributed by atoms with van der Waals surface area (Å²) >= 11 is 5.92. The van der Waals surface area contributed by atoms with E-state index >= 15 is 0 Å². The number of hydrogen-bond donors (Lipinski definition) is 6. The van der Waals surface area contributed by atoms with Gasteiger partial charge in [0.2, 0.25) is 52.6 Å². The molecule has 0 radical (unpaired) electrons. The summed E-state index contributed by atoms with van der Waals surface area (Å²) in [6.45, 7) is 5.20. The number of carbonyl (C=O) groups is 5. The van der Waals surface area contributed by atoms with Crippen LogP contribution in [0.5, 0.6) is 11.5 Å². The van der Waals surface area contributed by atoms with Crippen molar-refractivity contribution in [3.8, 4) is 17.7 Å². The third-order valence-electron chi connectivity index (χ3n) is 11.5. The lowest BCUT2D eigenvalue weighted by Gasteiger charge is -2.24. The molecule has 0 saturated heterocycles. The Morgan fingerprint density at radius 2 is 1.31 bits per heavy atom. The number of nitriles is 1. The number of hydrogen-bond acceptors (Lipinski definition) is 12. The van der Waals surface area contributed by atoms with Crippen LogP contribution in [0, 0.1) is 59.8 Å². The van der Waals surface area contributed by atoms with Gasteiger partial charge in [0.1, 0.15) is 5.75 Å². The molecular weight excluding hydrogens is 1080 g/mol. The normalized spacial score (nSPS) is 11.9. The first-order valence-corrected chi connectivity index (χ1v) is 25.9. The molecule has 0 bridgehead atoms. The number of halogens is 6. The lowest BCUT2D eigenvalue weighted by atomic mass is 9.89. The molecule has 4 rings (SSSR count). The maximum atomic E-state index is 13.7. The molecule has 4 aromatic rings. The van der Waals surface area contributed by atoms with Crippen molar-refractivity contribution in [2.45, 2.75) is 84.2 Å². The predicted octanol–water partition coefficient (Wildman–Crippen LogP) is 7.84. The number of guanidine groups is 1. The predicted molar refractivity (Wildman–Crippen MR) is 288 cm³/mol. The van der Waals surface area contributed by atoms with Gasteiger partial charge in [0, 0.05) is 60.3 Å². The number of nitrogens with one attached hydrogen (secondary N) is 5. The summed E-state index contributed by atoms with van der Waals surface area (Å²) in [5.41, 5.74) is 7.38. The Bertz CT molecular complexity index is 2640. The van der Waals surface area contributed by atoms with Gasteiger partial charge in [0.05, 0.1) is 64.4 Å². The van der Waals surface area contributed by atoms with E-state index in [1.54, 1.807) is 38.1 Å². The number of urea groups is 1. The summed E-state index contributed by atoms with van der Waals surface area (Å²) in [5, 5.41) is 23.8. The smallest absolute Gasteiger partial charge is 0.313 e. The van der Waals surface area contributed by atoms with Crippen LogP contribution in [0.3, 0.4) is 0 Å². The minimum absolute atomic E-state index is 0. The molecule has 0 unspecified atom stereocenters. The molecule has 0 spiro atoms. The molecule has 4 amide bonds. The molecule has 7 N–H and O–H groups in total. The highest BCUT2D eigenvalue weighted by Crippen LogP contribution is 2.29. The molecule has 3 aromatic carbocycles. The Morgan fingerprint density at radius 3 is 1.93 bits per heavy atom.